The predicted molar refractivity (Wildman–Crippen MR) is 66.7 cm³/mol. The fraction of sp³-hybridized carbons (Fsp3) is 0.154. The molecule has 0 N–H and O–H groups in total. The first-order chi connectivity index (χ1) is 7.18. The van der Waals surface area contributed by atoms with Crippen molar-refractivity contribution >= 4 is 32.5 Å². The number of hydrogen-bond acceptors (Lipinski definition) is 1. The lowest BCUT2D eigenvalue weighted by Gasteiger charge is -2.04. The van der Waals surface area contributed by atoms with E-state index in [4.69, 9.17) is 0 Å². The molecule has 0 aliphatic rings. The molecule has 0 saturated carbocycles. The average molecular weight is 263 g/mol. The maximum atomic E-state index is 11.7. The Labute approximate surface area is 97.2 Å². The van der Waals surface area contributed by atoms with Crippen LogP contribution in [0.2, 0.25) is 0 Å². The van der Waals surface area contributed by atoms with Crippen LogP contribution >= 0.6 is 15.9 Å². The van der Waals surface area contributed by atoms with Crippen molar-refractivity contribution < 1.29 is 4.79 Å². The lowest BCUT2D eigenvalue weighted by molar-refractivity contribution is 0.0996. The summed E-state index contributed by atoms with van der Waals surface area (Å²) in [5, 5.41) is 2.27. The summed E-state index contributed by atoms with van der Waals surface area (Å²) in [6, 6.07) is 13.8. The molecule has 2 aromatic carbocycles. The van der Waals surface area contributed by atoms with Crippen molar-refractivity contribution in [2.75, 3.05) is 0 Å². The third-order valence-corrected chi connectivity index (χ3v) is 2.81. The minimum absolute atomic E-state index is 0.126. The number of hydrogen-bond donors (Lipinski definition) is 0. The summed E-state index contributed by atoms with van der Waals surface area (Å²) in [7, 11) is 0. The molecule has 0 fully saturated rings. The van der Waals surface area contributed by atoms with Gasteiger partial charge < -0.3 is 0 Å². The Bertz CT molecular complexity index is 503. The molecular weight excluding hydrogens is 252 g/mol. The number of benzene rings is 2. The van der Waals surface area contributed by atoms with Crippen LogP contribution in [-0.2, 0) is 0 Å². The summed E-state index contributed by atoms with van der Waals surface area (Å²) in [6.45, 7) is 1.84. The van der Waals surface area contributed by atoms with Gasteiger partial charge in [0, 0.05) is 5.56 Å². The normalized spacial score (nSPS) is 12.7. The van der Waals surface area contributed by atoms with Crippen molar-refractivity contribution in [1.82, 2.24) is 0 Å². The van der Waals surface area contributed by atoms with Crippen molar-refractivity contribution in [3.05, 3.63) is 48.0 Å². The molecule has 0 amide bonds. The highest BCUT2D eigenvalue weighted by molar-refractivity contribution is 9.10. The van der Waals surface area contributed by atoms with E-state index in [1.165, 1.54) is 0 Å². The molecular formula is C13H11BrO. The number of fused-ring (bicyclic) bond motifs is 1. The van der Waals surface area contributed by atoms with Crippen LogP contribution in [0, 0.1) is 0 Å². The van der Waals surface area contributed by atoms with Crippen molar-refractivity contribution in [1.29, 1.82) is 0 Å². The molecule has 0 spiro atoms. The van der Waals surface area contributed by atoms with E-state index in [1.807, 2.05) is 49.4 Å². The molecule has 0 aromatic heterocycles. The molecule has 0 saturated heterocycles. The molecule has 0 heterocycles. The third-order valence-electron chi connectivity index (χ3n) is 2.40. The summed E-state index contributed by atoms with van der Waals surface area (Å²) in [6.07, 6.45) is 0. The molecule has 1 unspecified atom stereocenters. The summed E-state index contributed by atoms with van der Waals surface area (Å²) in [4.78, 5) is 11.6. The topological polar surface area (TPSA) is 17.1 Å². The van der Waals surface area contributed by atoms with E-state index < -0.39 is 0 Å². The lowest BCUT2D eigenvalue weighted by Crippen LogP contribution is -2.09. The molecule has 0 radical (unpaired) electrons. The number of ketones is 1. The summed E-state index contributed by atoms with van der Waals surface area (Å²) in [5.41, 5.74) is 0.762. The van der Waals surface area contributed by atoms with Gasteiger partial charge in [0.25, 0.3) is 0 Å². The molecule has 1 nitrogen and oxygen atoms in total. The van der Waals surface area contributed by atoms with E-state index in [-0.39, 0.29) is 10.6 Å². The van der Waals surface area contributed by atoms with Crippen LogP contribution in [-0.4, -0.2) is 10.6 Å². The maximum absolute atomic E-state index is 11.7. The van der Waals surface area contributed by atoms with Crippen LogP contribution in [0.1, 0.15) is 17.3 Å². The highest BCUT2D eigenvalue weighted by Crippen LogP contribution is 2.18. The second kappa shape index (κ2) is 4.15. The van der Waals surface area contributed by atoms with Crippen LogP contribution in [0.4, 0.5) is 0 Å². The second-order valence-electron chi connectivity index (χ2n) is 3.54. The Hall–Kier alpha value is -1.15. The van der Waals surface area contributed by atoms with Gasteiger partial charge in [-0.15, -0.1) is 0 Å². The number of rotatable bonds is 2. The lowest BCUT2D eigenvalue weighted by atomic mass is 10.0. The first-order valence-corrected chi connectivity index (χ1v) is 5.77. The van der Waals surface area contributed by atoms with Crippen molar-refractivity contribution in [2.45, 2.75) is 11.8 Å². The highest BCUT2D eigenvalue weighted by Gasteiger charge is 2.11. The van der Waals surface area contributed by atoms with Crippen LogP contribution in [0.15, 0.2) is 42.5 Å². The average Bonchev–Trinajstić information content (AvgIpc) is 2.27. The zero-order chi connectivity index (χ0) is 10.8. The Morgan fingerprint density at radius 1 is 1.13 bits per heavy atom. The first kappa shape index (κ1) is 10.4. The molecule has 1 atom stereocenters. The van der Waals surface area contributed by atoms with E-state index in [2.05, 4.69) is 15.9 Å². The van der Waals surface area contributed by atoms with Gasteiger partial charge in [-0.2, -0.15) is 0 Å². The zero-order valence-electron chi connectivity index (χ0n) is 8.41. The highest BCUT2D eigenvalue weighted by atomic mass is 79.9. The maximum Gasteiger partial charge on any atom is 0.176 e. The van der Waals surface area contributed by atoms with Gasteiger partial charge in [0.1, 0.15) is 0 Å². The van der Waals surface area contributed by atoms with Crippen molar-refractivity contribution in [2.24, 2.45) is 0 Å². The fourth-order valence-corrected chi connectivity index (χ4v) is 1.84. The van der Waals surface area contributed by atoms with E-state index in [9.17, 15) is 4.79 Å². The Kier molecular flexibility index (Phi) is 2.87. The minimum atomic E-state index is -0.126. The molecule has 2 aromatic rings. The van der Waals surface area contributed by atoms with Crippen molar-refractivity contribution in [3.8, 4) is 0 Å². The van der Waals surface area contributed by atoms with Gasteiger partial charge in [0.05, 0.1) is 4.83 Å². The second-order valence-corrected chi connectivity index (χ2v) is 4.92. The number of carbonyl (C=O) groups is 1. The molecule has 0 aliphatic carbocycles. The van der Waals surface area contributed by atoms with E-state index in [0.717, 1.165) is 16.3 Å². The molecule has 76 valence electrons. The Balaban J connectivity index is 2.52. The van der Waals surface area contributed by atoms with Gasteiger partial charge in [-0.3, -0.25) is 4.79 Å². The standard InChI is InChI=1S/C13H11BrO/c1-9(14)13(15)12-7-6-10-4-2-3-5-11(10)8-12/h2-9H,1H3. The van der Waals surface area contributed by atoms with Crippen LogP contribution in [0.25, 0.3) is 10.8 Å². The summed E-state index contributed by atoms with van der Waals surface area (Å²) >= 11 is 3.29. The number of Topliss-reactive ketones (excluding diaryl/α,β-unsaturated/α-hetero) is 1. The summed E-state index contributed by atoms with van der Waals surface area (Å²) < 4.78 is 0. The molecule has 2 rings (SSSR count). The van der Waals surface area contributed by atoms with Gasteiger partial charge in [0.2, 0.25) is 0 Å². The van der Waals surface area contributed by atoms with E-state index in [0.29, 0.717) is 0 Å². The van der Waals surface area contributed by atoms with Crippen LogP contribution in [0.3, 0.4) is 0 Å². The smallest absolute Gasteiger partial charge is 0.176 e. The Morgan fingerprint density at radius 3 is 2.47 bits per heavy atom. The van der Waals surface area contributed by atoms with Gasteiger partial charge in [-0.1, -0.05) is 52.3 Å². The monoisotopic (exact) mass is 262 g/mol. The number of alkyl halides is 1. The first-order valence-electron chi connectivity index (χ1n) is 4.85. The van der Waals surface area contributed by atoms with Gasteiger partial charge >= 0.3 is 0 Å². The molecule has 15 heavy (non-hydrogen) atoms. The number of halogens is 1. The van der Waals surface area contributed by atoms with E-state index >= 15 is 0 Å². The number of carbonyl (C=O) groups excluding carboxylic acids is 1. The third kappa shape index (κ3) is 2.10. The van der Waals surface area contributed by atoms with Crippen LogP contribution < -0.4 is 0 Å². The molecule has 0 aliphatic heterocycles. The molecule has 2 heteroatoms. The van der Waals surface area contributed by atoms with Crippen LogP contribution in [0.5, 0.6) is 0 Å². The van der Waals surface area contributed by atoms with Gasteiger partial charge in [-0.05, 0) is 23.8 Å². The largest absolute Gasteiger partial charge is 0.293 e. The summed E-state index contributed by atoms with van der Waals surface area (Å²) in [5.74, 6) is 0.126. The zero-order valence-corrected chi connectivity index (χ0v) is 9.99. The quantitative estimate of drug-likeness (QED) is 0.594. The fourth-order valence-electron chi connectivity index (χ4n) is 1.57. The SMILES string of the molecule is CC(Br)C(=O)c1ccc2ccccc2c1. The van der Waals surface area contributed by atoms with Crippen molar-refractivity contribution in [3.63, 3.8) is 0 Å². The van der Waals surface area contributed by atoms with Gasteiger partial charge in [0.15, 0.2) is 5.78 Å². The van der Waals surface area contributed by atoms with Gasteiger partial charge in [-0.25, -0.2) is 0 Å². The Morgan fingerprint density at radius 2 is 1.80 bits per heavy atom. The predicted octanol–water partition coefficient (Wildman–Crippen LogP) is 3.81. The van der Waals surface area contributed by atoms with E-state index in [1.54, 1.807) is 0 Å². The minimum Gasteiger partial charge on any atom is -0.293 e. The molecule has 0 bridgehead atoms.